The number of fused-ring (bicyclic) bond motifs is 2. The fourth-order valence-corrected chi connectivity index (χ4v) is 5.53. The van der Waals surface area contributed by atoms with E-state index in [0.29, 0.717) is 40.2 Å². The standard InChI is InChI=1S/C31H28N8O2/c1-2-3-16-37-27-28(35-30(37)36-15-9-10-22(33)19-36)39(23-11-5-4-6-12-23)31(41)38(29(27)40)20-26-25-14-8-7-13-24(25)21(17-32)18-34-26/h4-8,11-14,18,22H,9-10,15-16,19-20,33H2,1H3. The molecular weight excluding hydrogens is 516 g/mol. The fraction of sp³-hybridized carbons (Fsp3) is 0.258. The monoisotopic (exact) mass is 544 g/mol. The molecular formula is C31H28N8O2. The molecule has 3 aromatic heterocycles. The summed E-state index contributed by atoms with van der Waals surface area (Å²) in [7, 11) is 0. The number of pyridine rings is 1. The second kappa shape index (κ2) is 10.8. The molecule has 2 aromatic carbocycles. The number of nitriles is 1. The Morgan fingerprint density at radius 1 is 1.05 bits per heavy atom. The highest BCUT2D eigenvalue weighted by atomic mass is 16.2. The van der Waals surface area contributed by atoms with Crippen LogP contribution in [0.3, 0.4) is 0 Å². The van der Waals surface area contributed by atoms with Crippen LogP contribution in [0.15, 0.2) is 70.4 Å². The Balaban J connectivity index is 1.65. The molecule has 4 heterocycles. The minimum absolute atomic E-state index is 0.0158. The molecule has 204 valence electrons. The quantitative estimate of drug-likeness (QED) is 0.337. The number of benzene rings is 2. The second-order valence-corrected chi connectivity index (χ2v) is 10.1. The number of piperidine rings is 1. The number of imidazole rings is 1. The van der Waals surface area contributed by atoms with Gasteiger partial charge in [-0.05, 0) is 31.9 Å². The van der Waals surface area contributed by atoms with E-state index in [9.17, 15) is 14.9 Å². The molecule has 0 saturated carbocycles. The highest BCUT2D eigenvalue weighted by Gasteiger charge is 2.27. The molecule has 1 aliphatic rings. The van der Waals surface area contributed by atoms with E-state index in [-0.39, 0.29) is 30.3 Å². The van der Waals surface area contributed by atoms with Crippen molar-refractivity contribution in [2.75, 3.05) is 18.0 Å². The summed E-state index contributed by atoms with van der Waals surface area (Å²) < 4.78 is 4.47. The summed E-state index contributed by atoms with van der Waals surface area (Å²) in [6.07, 6.45) is 3.30. The second-order valence-electron chi connectivity index (χ2n) is 10.1. The van der Waals surface area contributed by atoms with Gasteiger partial charge in [-0.1, -0.05) is 48.4 Å². The van der Waals surface area contributed by atoms with Gasteiger partial charge in [0.05, 0.1) is 30.0 Å². The summed E-state index contributed by atoms with van der Waals surface area (Å²) in [6, 6.07) is 18.7. The summed E-state index contributed by atoms with van der Waals surface area (Å²) >= 11 is 0. The maximum absolute atomic E-state index is 14.3. The van der Waals surface area contributed by atoms with Crippen molar-refractivity contribution >= 4 is 27.9 Å². The average molecular weight is 545 g/mol. The van der Waals surface area contributed by atoms with Crippen molar-refractivity contribution in [1.82, 2.24) is 23.7 Å². The molecule has 0 radical (unpaired) electrons. The molecule has 5 aromatic rings. The lowest BCUT2D eigenvalue weighted by molar-refractivity contribution is 0.496. The third-order valence-electron chi connectivity index (χ3n) is 7.49. The SMILES string of the molecule is CC#CCn1c(N2CCCC(N)C2)nc2c1c(=O)n(Cc1ncc(C#N)c3ccccc13)c(=O)n2-c1ccccc1. The Labute approximate surface area is 235 Å². The third kappa shape index (κ3) is 4.54. The zero-order valence-electron chi connectivity index (χ0n) is 22.6. The molecule has 1 saturated heterocycles. The van der Waals surface area contributed by atoms with Crippen LogP contribution in [0.1, 0.15) is 31.0 Å². The fourth-order valence-electron chi connectivity index (χ4n) is 5.53. The first kappa shape index (κ1) is 26.1. The molecule has 41 heavy (non-hydrogen) atoms. The first-order valence-corrected chi connectivity index (χ1v) is 13.5. The molecule has 2 N–H and O–H groups in total. The predicted molar refractivity (Wildman–Crippen MR) is 158 cm³/mol. The van der Waals surface area contributed by atoms with Crippen molar-refractivity contribution in [3.63, 3.8) is 0 Å². The van der Waals surface area contributed by atoms with Crippen molar-refractivity contribution in [3.05, 3.63) is 92.9 Å². The normalized spacial score (nSPS) is 15.0. The molecule has 0 aliphatic carbocycles. The van der Waals surface area contributed by atoms with Gasteiger partial charge < -0.3 is 10.6 Å². The molecule has 1 fully saturated rings. The van der Waals surface area contributed by atoms with Crippen LogP contribution in [0, 0.1) is 23.2 Å². The van der Waals surface area contributed by atoms with Crippen LogP contribution in [0.5, 0.6) is 0 Å². The molecule has 0 amide bonds. The minimum Gasteiger partial charge on any atom is -0.341 e. The molecule has 0 spiro atoms. The van der Waals surface area contributed by atoms with Gasteiger partial charge in [0.25, 0.3) is 5.56 Å². The van der Waals surface area contributed by atoms with Gasteiger partial charge in [0.15, 0.2) is 11.2 Å². The summed E-state index contributed by atoms with van der Waals surface area (Å²) in [5, 5.41) is 11.0. The van der Waals surface area contributed by atoms with E-state index in [2.05, 4.69) is 27.8 Å². The number of hydrogen-bond acceptors (Lipinski definition) is 7. The summed E-state index contributed by atoms with van der Waals surface area (Å²) in [4.78, 5) is 39.9. The Kier molecular flexibility index (Phi) is 6.84. The van der Waals surface area contributed by atoms with Crippen molar-refractivity contribution in [1.29, 1.82) is 5.26 Å². The summed E-state index contributed by atoms with van der Waals surface area (Å²) in [6.45, 7) is 3.22. The van der Waals surface area contributed by atoms with Gasteiger partial charge in [0.2, 0.25) is 5.95 Å². The smallest absolute Gasteiger partial charge is 0.337 e. The van der Waals surface area contributed by atoms with Gasteiger partial charge in [-0.2, -0.15) is 10.2 Å². The summed E-state index contributed by atoms with van der Waals surface area (Å²) in [5.74, 6) is 6.56. The van der Waals surface area contributed by atoms with Crippen LogP contribution >= 0.6 is 0 Å². The summed E-state index contributed by atoms with van der Waals surface area (Å²) in [5.41, 5.74) is 7.37. The number of aromatic nitrogens is 5. The number of para-hydroxylation sites is 1. The topological polar surface area (TPSA) is 128 Å². The van der Waals surface area contributed by atoms with Crippen LogP contribution in [0.25, 0.3) is 27.6 Å². The predicted octanol–water partition coefficient (Wildman–Crippen LogP) is 2.77. The lowest BCUT2D eigenvalue weighted by Gasteiger charge is -2.31. The Bertz CT molecular complexity index is 2000. The van der Waals surface area contributed by atoms with E-state index in [1.807, 2.05) is 54.6 Å². The van der Waals surface area contributed by atoms with Gasteiger partial charge >= 0.3 is 5.69 Å². The van der Waals surface area contributed by atoms with Crippen molar-refractivity contribution in [2.24, 2.45) is 5.73 Å². The Morgan fingerprint density at radius 3 is 2.54 bits per heavy atom. The average Bonchev–Trinajstić information content (AvgIpc) is 3.38. The number of nitrogens with two attached hydrogens (primary N) is 1. The number of nitrogens with zero attached hydrogens (tertiary/aromatic N) is 7. The van der Waals surface area contributed by atoms with Crippen molar-refractivity contribution in [2.45, 2.75) is 38.9 Å². The first-order valence-electron chi connectivity index (χ1n) is 13.5. The number of hydrogen-bond donors (Lipinski definition) is 1. The van der Waals surface area contributed by atoms with E-state index in [0.717, 1.165) is 19.4 Å². The lowest BCUT2D eigenvalue weighted by atomic mass is 10.1. The molecule has 6 rings (SSSR count). The zero-order valence-corrected chi connectivity index (χ0v) is 22.6. The Hall–Kier alpha value is -5.19. The number of anilines is 1. The van der Waals surface area contributed by atoms with E-state index in [1.54, 1.807) is 11.5 Å². The van der Waals surface area contributed by atoms with E-state index in [4.69, 9.17) is 10.7 Å². The van der Waals surface area contributed by atoms with E-state index < -0.39 is 11.2 Å². The highest BCUT2D eigenvalue weighted by Crippen LogP contribution is 2.25. The minimum atomic E-state index is -0.530. The highest BCUT2D eigenvalue weighted by molar-refractivity contribution is 5.89. The largest absolute Gasteiger partial charge is 0.341 e. The van der Waals surface area contributed by atoms with Gasteiger partial charge in [-0.15, -0.1) is 5.92 Å². The van der Waals surface area contributed by atoms with Crippen molar-refractivity contribution in [3.8, 4) is 23.6 Å². The van der Waals surface area contributed by atoms with Crippen molar-refractivity contribution < 1.29 is 0 Å². The molecule has 1 unspecified atom stereocenters. The van der Waals surface area contributed by atoms with E-state index in [1.165, 1.54) is 15.3 Å². The maximum atomic E-state index is 14.3. The molecule has 0 bridgehead atoms. The molecule has 1 aliphatic heterocycles. The lowest BCUT2D eigenvalue weighted by Crippen LogP contribution is -2.44. The molecule has 10 heteroatoms. The zero-order chi connectivity index (χ0) is 28.5. The van der Waals surface area contributed by atoms with Crippen LogP contribution in [-0.2, 0) is 13.1 Å². The van der Waals surface area contributed by atoms with Gasteiger partial charge in [0.1, 0.15) is 6.07 Å². The van der Waals surface area contributed by atoms with Crippen LogP contribution in [0.4, 0.5) is 5.95 Å². The molecule has 1 atom stereocenters. The third-order valence-corrected chi connectivity index (χ3v) is 7.49. The van der Waals surface area contributed by atoms with Gasteiger partial charge in [0, 0.05) is 36.1 Å². The van der Waals surface area contributed by atoms with Gasteiger partial charge in [-0.3, -0.25) is 18.9 Å². The Morgan fingerprint density at radius 2 is 1.80 bits per heavy atom. The molecule has 10 nitrogen and oxygen atoms in total. The maximum Gasteiger partial charge on any atom is 0.337 e. The number of rotatable bonds is 5. The van der Waals surface area contributed by atoms with Gasteiger partial charge in [-0.25, -0.2) is 9.36 Å². The van der Waals surface area contributed by atoms with Crippen LogP contribution in [0.2, 0.25) is 0 Å². The van der Waals surface area contributed by atoms with Crippen LogP contribution in [-0.4, -0.2) is 42.8 Å². The first-order chi connectivity index (χ1) is 20.0. The van der Waals surface area contributed by atoms with Crippen LogP contribution < -0.4 is 21.9 Å². The van der Waals surface area contributed by atoms with E-state index >= 15 is 0 Å².